The molecule has 3 N–H and O–H groups in total. The summed E-state index contributed by atoms with van der Waals surface area (Å²) in [6.45, 7) is 6.52. The smallest absolute Gasteiger partial charge is 0.410 e. The molecule has 0 bridgehead atoms. The Balaban J connectivity index is 1.69. The third-order valence-electron chi connectivity index (χ3n) is 4.76. The van der Waals surface area contributed by atoms with Crippen molar-refractivity contribution in [3.05, 3.63) is 30.1 Å². The fourth-order valence-electron chi connectivity index (χ4n) is 2.97. The molecule has 0 unspecified atom stereocenters. The molecular formula is C19H25N5O3. The number of nitrogens with two attached hydrogens (primary N) is 1. The SMILES string of the molecule is CC[C@@H](C)OC(=O)N1CCN(c2cnc3[nH]cc(/C=C/C(N)=O)c3c2)CC1. The lowest BCUT2D eigenvalue weighted by molar-refractivity contribution is -0.113. The van der Waals surface area contributed by atoms with E-state index in [1.54, 1.807) is 17.2 Å². The summed E-state index contributed by atoms with van der Waals surface area (Å²) in [6.07, 6.45) is 7.11. The summed E-state index contributed by atoms with van der Waals surface area (Å²) in [5, 5.41) is 0.920. The Morgan fingerprint density at radius 2 is 2.11 bits per heavy atom. The summed E-state index contributed by atoms with van der Waals surface area (Å²) in [5.74, 6) is -0.492. The molecule has 0 spiro atoms. The van der Waals surface area contributed by atoms with Crippen LogP contribution in [-0.4, -0.2) is 59.2 Å². The summed E-state index contributed by atoms with van der Waals surface area (Å²) in [4.78, 5) is 34.6. The predicted octanol–water partition coefficient (Wildman–Crippen LogP) is 2.12. The molecule has 144 valence electrons. The first-order chi connectivity index (χ1) is 13.0. The number of fused-ring (bicyclic) bond motifs is 1. The summed E-state index contributed by atoms with van der Waals surface area (Å²) in [7, 11) is 0. The number of nitrogens with one attached hydrogen (secondary N) is 1. The lowest BCUT2D eigenvalue weighted by Crippen LogP contribution is -2.49. The second-order valence-electron chi connectivity index (χ2n) is 6.65. The van der Waals surface area contributed by atoms with Gasteiger partial charge in [-0.05, 0) is 25.5 Å². The molecule has 0 saturated carbocycles. The predicted molar refractivity (Wildman–Crippen MR) is 104 cm³/mol. The maximum Gasteiger partial charge on any atom is 0.410 e. The second kappa shape index (κ2) is 8.11. The molecule has 0 aliphatic carbocycles. The number of ether oxygens (including phenoxy) is 1. The van der Waals surface area contributed by atoms with Crippen LogP contribution in [-0.2, 0) is 9.53 Å². The van der Waals surface area contributed by atoms with Crippen LogP contribution in [0, 0.1) is 0 Å². The second-order valence-corrected chi connectivity index (χ2v) is 6.65. The van der Waals surface area contributed by atoms with Gasteiger partial charge in [0.05, 0.1) is 11.9 Å². The number of aromatic nitrogens is 2. The van der Waals surface area contributed by atoms with E-state index in [0.29, 0.717) is 26.2 Å². The highest BCUT2D eigenvalue weighted by atomic mass is 16.6. The van der Waals surface area contributed by atoms with Crippen LogP contribution in [0.5, 0.6) is 0 Å². The number of nitrogens with zero attached hydrogens (tertiary/aromatic N) is 3. The molecule has 1 aliphatic heterocycles. The van der Waals surface area contributed by atoms with Gasteiger partial charge >= 0.3 is 6.09 Å². The highest BCUT2D eigenvalue weighted by Gasteiger charge is 2.23. The van der Waals surface area contributed by atoms with Crippen molar-refractivity contribution < 1.29 is 14.3 Å². The number of pyridine rings is 1. The molecule has 2 amide bonds. The highest BCUT2D eigenvalue weighted by Crippen LogP contribution is 2.24. The number of H-pyrrole nitrogens is 1. The lowest BCUT2D eigenvalue weighted by Gasteiger charge is -2.35. The zero-order chi connectivity index (χ0) is 19.4. The van der Waals surface area contributed by atoms with Crippen LogP contribution in [0.1, 0.15) is 25.8 Å². The van der Waals surface area contributed by atoms with E-state index in [9.17, 15) is 9.59 Å². The van der Waals surface area contributed by atoms with E-state index in [1.807, 2.05) is 26.1 Å². The zero-order valence-corrected chi connectivity index (χ0v) is 15.6. The topological polar surface area (TPSA) is 105 Å². The molecule has 1 atom stereocenters. The first-order valence-corrected chi connectivity index (χ1v) is 9.13. The van der Waals surface area contributed by atoms with Crippen molar-refractivity contribution in [2.45, 2.75) is 26.4 Å². The van der Waals surface area contributed by atoms with E-state index in [1.165, 1.54) is 6.08 Å². The van der Waals surface area contributed by atoms with Crippen molar-refractivity contribution in [1.82, 2.24) is 14.9 Å². The number of hydrogen-bond donors (Lipinski definition) is 2. The Bertz CT molecular complexity index is 852. The average molecular weight is 371 g/mol. The van der Waals surface area contributed by atoms with E-state index in [4.69, 9.17) is 10.5 Å². The number of carbonyl (C=O) groups is 2. The van der Waals surface area contributed by atoms with Gasteiger partial charge < -0.3 is 25.3 Å². The molecule has 2 aromatic rings. The third kappa shape index (κ3) is 4.39. The molecule has 1 aliphatic rings. The molecular weight excluding hydrogens is 346 g/mol. The molecule has 8 heteroatoms. The molecule has 3 rings (SSSR count). The Morgan fingerprint density at radius 1 is 1.37 bits per heavy atom. The van der Waals surface area contributed by atoms with Crippen LogP contribution in [0.25, 0.3) is 17.1 Å². The number of hydrogen-bond acceptors (Lipinski definition) is 5. The quantitative estimate of drug-likeness (QED) is 0.784. The van der Waals surface area contributed by atoms with E-state index < -0.39 is 5.91 Å². The van der Waals surface area contributed by atoms with Gasteiger partial charge in [0.15, 0.2) is 0 Å². The summed E-state index contributed by atoms with van der Waals surface area (Å²) in [5.41, 5.74) is 7.76. The fourth-order valence-corrected chi connectivity index (χ4v) is 2.97. The van der Waals surface area contributed by atoms with E-state index in [2.05, 4.69) is 14.9 Å². The number of piperazine rings is 1. The fraction of sp³-hybridized carbons (Fsp3) is 0.421. The van der Waals surface area contributed by atoms with Crippen LogP contribution >= 0.6 is 0 Å². The molecule has 1 fully saturated rings. The van der Waals surface area contributed by atoms with Gasteiger partial charge in [-0.15, -0.1) is 0 Å². The van der Waals surface area contributed by atoms with Crippen LogP contribution in [0.4, 0.5) is 10.5 Å². The molecule has 1 saturated heterocycles. The summed E-state index contributed by atoms with van der Waals surface area (Å²) in [6, 6.07) is 2.03. The summed E-state index contributed by atoms with van der Waals surface area (Å²) >= 11 is 0. The van der Waals surface area contributed by atoms with E-state index in [0.717, 1.165) is 28.7 Å². The normalized spacial score (nSPS) is 16.1. The van der Waals surface area contributed by atoms with Crippen molar-refractivity contribution in [2.24, 2.45) is 5.73 Å². The Hall–Kier alpha value is -3.03. The van der Waals surface area contributed by atoms with Gasteiger partial charge in [0, 0.05) is 49.4 Å². The van der Waals surface area contributed by atoms with Gasteiger partial charge in [-0.25, -0.2) is 9.78 Å². The van der Waals surface area contributed by atoms with E-state index in [-0.39, 0.29) is 12.2 Å². The van der Waals surface area contributed by atoms with Crippen LogP contribution in [0.3, 0.4) is 0 Å². The number of aromatic amines is 1. The van der Waals surface area contributed by atoms with Crippen molar-refractivity contribution >= 4 is 34.8 Å². The molecule has 0 radical (unpaired) electrons. The number of carbonyl (C=O) groups excluding carboxylic acids is 2. The van der Waals surface area contributed by atoms with E-state index >= 15 is 0 Å². The van der Waals surface area contributed by atoms with Gasteiger partial charge in [-0.1, -0.05) is 6.92 Å². The van der Waals surface area contributed by atoms with Gasteiger partial charge in [0.1, 0.15) is 11.8 Å². The first-order valence-electron chi connectivity index (χ1n) is 9.13. The minimum absolute atomic E-state index is 0.0670. The van der Waals surface area contributed by atoms with Gasteiger partial charge in [0.2, 0.25) is 5.91 Å². The Kier molecular flexibility index (Phi) is 5.63. The first kappa shape index (κ1) is 18.8. The lowest BCUT2D eigenvalue weighted by atomic mass is 10.2. The van der Waals surface area contributed by atoms with Crippen molar-refractivity contribution in [3.63, 3.8) is 0 Å². The number of primary amides is 1. The average Bonchev–Trinajstić information content (AvgIpc) is 3.08. The van der Waals surface area contributed by atoms with Crippen molar-refractivity contribution in [1.29, 1.82) is 0 Å². The number of anilines is 1. The van der Waals surface area contributed by atoms with Gasteiger partial charge in [-0.3, -0.25) is 4.79 Å². The summed E-state index contributed by atoms with van der Waals surface area (Å²) < 4.78 is 5.40. The Morgan fingerprint density at radius 3 is 2.78 bits per heavy atom. The minimum Gasteiger partial charge on any atom is -0.446 e. The molecule has 3 heterocycles. The standard InChI is InChI=1S/C19H25N5O3/c1-3-13(2)27-19(26)24-8-6-23(7-9-24)15-10-16-14(4-5-17(20)25)11-21-18(16)22-12-15/h4-5,10-13H,3,6-9H2,1-2H3,(H2,20,25)(H,21,22)/b5-4+/t13-/m1/s1. The zero-order valence-electron chi connectivity index (χ0n) is 15.6. The van der Waals surface area contributed by atoms with Crippen LogP contribution < -0.4 is 10.6 Å². The Labute approximate surface area is 158 Å². The maximum absolute atomic E-state index is 12.1. The largest absolute Gasteiger partial charge is 0.446 e. The molecule has 0 aromatic carbocycles. The minimum atomic E-state index is -0.492. The highest BCUT2D eigenvalue weighted by molar-refractivity contribution is 5.95. The number of rotatable bonds is 5. The van der Waals surface area contributed by atoms with Crippen molar-refractivity contribution in [3.8, 4) is 0 Å². The molecule has 8 nitrogen and oxygen atoms in total. The monoisotopic (exact) mass is 371 g/mol. The van der Waals surface area contributed by atoms with Crippen LogP contribution in [0.15, 0.2) is 24.5 Å². The van der Waals surface area contributed by atoms with Gasteiger partial charge in [-0.2, -0.15) is 0 Å². The molecule has 27 heavy (non-hydrogen) atoms. The van der Waals surface area contributed by atoms with Crippen molar-refractivity contribution in [2.75, 3.05) is 31.1 Å². The maximum atomic E-state index is 12.1. The van der Waals surface area contributed by atoms with Crippen LogP contribution in [0.2, 0.25) is 0 Å². The molecule has 2 aromatic heterocycles. The third-order valence-corrected chi connectivity index (χ3v) is 4.76. The van der Waals surface area contributed by atoms with Gasteiger partial charge in [0.25, 0.3) is 0 Å². The number of amides is 2.